The lowest BCUT2D eigenvalue weighted by Crippen LogP contribution is -2.39. The SMILES string of the molecule is CC1CC(C#N)(COc2ccccc2Br)C1. The molecule has 16 heavy (non-hydrogen) atoms. The standard InChI is InChI=1S/C13H14BrNO/c1-10-6-13(7-10,8-15)9-16-12-5-3-2-4-11(12)14/h2-5,10H,6-7,9H2,1H3. The summed E-state index contributed by atoms with van der Waals surface area (Å²) < 4.78 is 6.65. The highest BCUT2D eigenvalue weighted by atomic mass is 79.9. The molecule has 84 valence electrons. The Morgan fingerprint density at radius 1 is 1.50 bits per heavy atom. The molecule has 0 aromatic heterocycles. The molecule has 1 fully saturated rings. The van der Waals surface area contributed by atoms with Gasteiger partial charge in [0.1, 0.15) is 12.4 Å². The number of halogens is 1. The van der Waals surface area contributed by atoms with Crippen LogP contribution in [0, 0.1) is 22.7 Å². The molecule has 1 aliphatic rings. The van der Waals surface area contributed by atoms with E-state index in [0.717, 1.165) is 23.1 Å². The minimum atomic E-state index is -0.255. The van der Waals surface area contributed by atoms with Gasteiger partial charge < -0.3 is 4.74 Å². The maximum atomic E-state index is 9.16. The van der Waals surface area contributed by atoms with Gasteiger partial charge in [0.25, 0.3) is 0 Å². The first kappa shape index (κ1) is 11.5. The van der Waals surface area contributed by atoms with Crippen LogP contribution in [-0.2, 0) is 0 Å². The van der Waals surface area contributed by atoms with Crippen LogP contribution in [0.2, 0.25) is 0 Å². The van der Waals surface area contributed by atoms with Crippen molar-refractivity contribution < 1.29 is 4.74 Å². The van der Waals surface area contributed by atoms with Crippen LogP contribution in [0.3, 0.4) is 0 Å². The molecule has 2 nitrogen and oxygen atoms in total. The quantitative estimate of drug-likeness (QED) is 0.844. The molecule has 0 bridgehead atoms. The first-order valence-corrected chi connectivity index (χ1v) is 6.23. The van der Waals surface area contributed by atoms with Crippen LogP contribution >= 0.6 is 15.9 Å². The van der Waals surface area contributed by atoms with E-state index < -0.39 is 0 Å². The predicted octanol–water partition coefficient (Wildman–Crippen LogP) is 3.77. The molecular weight excluding hydrogens is 266 g/mol. The zero-order chi connectivity index (χ0) is 11.6. The number of hydrogen-bond acceptors (Lipinski definition) is 2. The summed E-state index contributed by atoms with van der Waals surface area (Å²) in [6.45, 7) is 2.67. The van der Waals surface area contributed by atoms with Gasteiger partial charge in [-0.1, -0.05) is 19.1 Å². The third kappa shape index (κ3) is 2.22. The van der Waals surface area contributed by atoms with E-state index in [1.54, 1.807) is 0 Å². The van der Waals surface area contributed by atoms with E-state index in [4.69, 9.17) is 10.00 Å². The number of nitriles is 1. The van der Waals surface area contributed by atoms with E-state index in [2.05, 4.69) is 28.9 Å². The largest absolute Gasteiger partial charge is 0.491 e. The number of hydrogen-bond donors (Lipinski definition) is 0. The number of para-hydroxylation sites is 1. The van der Waals surface area contributed by atoms with Crippen molar-refractivity contribution in [3.63, 3.8) is 0 Å². The van der Waals surface area contributed by atoms with Gasteiger partial charge in [0, 0.05) is 0 Å². The molecule has 1 aliphatic carbocycles. The van der Waals surface area contributed by atoms with Gasteiger partial charge in [-0.25, -0.2) is 0 Å². The van der Waals surface area contributed by atoms with Gasteiger partial charge in [0.15, 0.2) is 0 Å². The van der Waals surface area contributed by atoms with Gasteiger partial charge in [-0.05, 0) is 46.8 Å². The van der Waals surface area contributed by atoms with Crippen LogP contribution in [0.25, 0.3) is 0 Å². The van der Waals surface area contributed by atoms with Gasteiger partial charge >= 0.3 is 0 Å². The van der Waals surface area contributed by atoms with E-state index in [-0.39, 0.29) is 5.41 Å². The normalized spacial score (nSPS) is 27.9. The predicted molar refractivity (Wildman–Crippen MR) is 66.1 cm³/mol. The molecule has 0 saturated heterocycles. The maximum absolute atomic E-state index is 9.16. The molecule has 0 radical (unpaired) electrons. The van der Waals surface area contributed by atoms with Crippen molar-refractivity contribution >= 4 is 15.9 Å². The molecule has 1 aromatic carbocycles. The lowest BCUT2D eigenvalue weighted by Gasteiger charge is -2.40. The Hall–Kier alpha value is -1.01. The van der Waals surface area contributed by atoms with Crippen LogP contribution in [0.4, 0.5) is 0 Å². The zero-order valence-electron chi connectivity index (χ0n) is 9.24. The lowest BCUT2D eigenvalue weighted by molar-refractivity contribution is 0.0654. The van der Waals surface area contributed by atoms with Gasteiger partial charge in [-0.3, -0.25) is 0 Å². The number of benzene rings is 1. The molecular formula is C13H14BrNO. The van der Waals surface area contributed by atoms with Crippen molar-refractivity contribution in [1.29, 1.82) is 5.26 Å². The fraction of sp³-hybridized carbons (Fsp3) is 0.462. The van der Waals surface area contributed by atoms with E-state index in [9.17, 15) is 0 Å². The summed E-state index contributed by atoms with van der Waals surface area (Å²) in [6.07, 6.45) is 1.90. The summed E-state index contributed by atoms with van der Waals surface area (Å²) in [5.41, 5.74) is -0.255. The fourth-order valence-corrected chi connectivity index (χ4v) is 2.69. The van der Waals surface area contributed by atoms with Gasteiger partial charge in [0.2, 0.25) is 0 Å². The monoisotopic (exact) mass is 279 g/mol. The molecule has 1 aromatic rings. The van der Waals surface area contributed by atoms with E-state index in [0.29, 0.717) is 12.5 Å². The second-order valence-electron chi connectivity index (χ2n) is 4.62. The third-order valence-corrected chi connectivity index (χ3v) is 3.71. The van der Waals surface area contributed by atoms with Gasteiger partial charge in [0.05, 0.1) is 16.0 Å². The molecule has 3 heteroatoms. The Kier molecular flexibility index (Phi) is 3.20. The molecule has 2 rings (SSSR count). The van der Waals surface area contributed by atoms with Gasteiger partial charge in [-0.15, -0.1) is 0 Å². The van der Waals surface area contributed by atoms with Crippen molar-refractivity contribution in [2.75, 3.05) is 6.61 Å². The molecule has 0 amide bonds. The minimum Gasteiger partial charge on any atom is -0.491 e. The highest BCUT2D eigenvalue weighted by molar-refractivity contribution is 9.10. The molecule has 1 saturated carbocycles. The molecule has 0 aliphatic heterocycles. The summed E-state index contributed by atoms with van der Waals surface area (Å²) >= 11 is 3.43. The maximum Gasteiger partial charge on any atom is 0.133 e. The molecule has 0 heterocycles. The second kappa shape index (κ2) is 4.47. The van der Waals surface area contributed by atoms with E-state index in [1.165, 1.54) is 0 Å². The second-order valence-corrected chi connectivity index (χ2v) is 5.48. The van der Waals surface area contributed by atoms with Gasteiger partial charge in [-0.2, -0.15) is 5.26 Å². The van der Waals surface area contributed by atoms with Crippen LogP contribution in [0.5, 0.6) is 5.75 Å². The average Bonchev–Trinajstić information content (AvgIpc) is 2.24. The van der Waals surface area contributed by atoms with Crippen molar-refractivity contribution in [3.05, 3.63) is 28.7 Å². The molecule has 0 spiro atoms. The van der Waals surface area contributed by atoms with Crippen LogP contribution in [0.1, 0.15) is 19.8 Å². The summed E-state index contributed by atoms with van der Waals surface area (Å²) in [4.78, 5) is 0. The third-order valence-electron chi connectivity index (χ3n) is 3.06. The summed E-state index contributed by atoms with van der Waals surface area (Å²) in [5.74, 6) is 1.47. The Labute approximate surface area is 104 Å². The number of nitrogens with zero attached hydrogens (tertiary/aromatic N) is 1. The Morgan fingerprint density at radius 3 is 2.75 bits per heavy atom. The number of ether oxygens (including phenoxy) is 1. The summed E-state index contributed by atoms with van der Waals surface area (Å²) in [6, 6.07) is 10.1. The smallest absolute Gasteiger partial charge is 0.133 e. The molecule has 0 unspecified atom stereocenters. The van der Waals surface area contributed by atoms with Crippen LogP contribution < -0.4 is 4.74 Å². The first-order chi connectivity index (χ1) is 7.65. The highest BCUT2D eigenvalue weighted by Gasteiger charge is 2.43. The molecule has 0 N–H and O–H groups in total. The van der Waals surface area contributed by atoms with Crippen molar-refractivity contribution in [3.8, 4) is 11.8 Å². The van der Waals surface area contributed by atoms with Crippen molar-refractivity contribution in [2.24, 2.45) is 11.3 Å². The lowest BCUT2D eigenvalue weighted by atomic mass is 9.64. The topological polar surface area (TPSA) is 33.0 Å². The zero-order valence-corrected chi connectivity index (χ0v) is 10.8. The Balaban J connectivity index is 1.98. The molecule has 0 atom stereocenters. The number of rotatable bonds is 3. The highest BCUT2D eigenvalue weighted by Crippen LogP contribution is 2.45. The van der Waals surface area contributed by atoms with Crippen molar-refractivity contribution in [1.82, 2.24) is 0 Å². The minimum absolute atomic E-state index is 0.255. The Bertz CT molecular complexity index is 418. The van der Waals surface area contributed by atoms with E-state index >= 15 is 0 Å². The first-order valence-electron chi connectivity index (χ1n) is 5.44. The van der Waals surface area contributed by atoms with Crippen molar-refractivity contribution in [2.45, 2.75) is 19.8 Å². The Morgan fingerprint density at radius 2 is 2.19 bits per heavy atom. The summed E-state index contributed by atoms with van der Waals surface area (Å²) in [7, 11) is 0. The summed E-state index contributed by atoms with van der Waals surface area (Å²) in [5, 5.41) is 9.16. The van der Waals surface area contributed by atoms with Crippen LogP contribution in [0.15, 0.2) is 28.7 Å². The fourth-order valence-electron chi connectivity index (χ4n) is 2.29. The van der Waals surface area contributed by atoms with Crippen LogP contribution in [-0.4, -0.2) is 6.61 Å². The van der Waals surface area contributed by atoms with E-state index in [1.807, 2.05) is 24.3 Å². The average molecular weight is 280 g/mol.